The van der Waals surface area contributed by atoms with Crippen molar-refractivity contribution < 1.29 is 14.3 Å². The van der Waals surface area contributed by atoms with Gasteiger partial charge in [-0.15, -0.1) is 0 Å². The lowest BCUT2D eigenvalue weighted by atomic mass is 10.1. The zero-order valence-electron chi connectivity index (χ0n) is 11.6. The normalized spacial score (nSPS) is 12.5. The number of carbonyl (C=O) groups excluding carboxylic acids is 1. The first-order valence-electron chi connectivity index (χ1n) is 6.68. The Kier molecular flexibility index (Phi) is 3.50. The number of aliphatic hydroxyl groups is 1. The van der Waals surface area contributed by atoms with Crippen LogP contribution < -0.4 is 5.32 Å². The van der Waals surface area contributed by atoms with Gasteiger partial charge in [-0.2, -0.15) is 0 Å². The second-order valence-electron chi connectivity index (χ2n) is 4.98. The van der Waals surface area contributed by atoms with Crippen molar-refractivity contribution in [3.05, 3.63) is 60.2 Å². The molecule has 0 aliphatic rings. The van der Waals surface area contributed by atoms with E-state index < -0.39 is 6.10 Å². The molecule has 0 aliphatic carbocycles. The molecule has 0 saturated carbocycles. The van der Waals surface area contributed by atoms with Crippen molar-refractivity contribution in [2.75, 3.05) is 6.54 Å². The molecule has 2 heterocycles. The van der Waals surface area contributed by atoms with E-state index >= 15 is 0 Å². The number of aliphatic hydroxyl groups excluding tert-OH is 1. The van der Waals surface area contributed by atoms with Crippen LogP contribution in [0.25, 0.3) is 10.9 Å². The molecule has 0 fully saturated rings. The first kappa shape index (κ1) is 13.5. The lowest BCUT2D eigenvalue weighted by Gasteiger charge is -2.12. The fourth-order valence-electron chi connectivity index (χ4n) is 2.31. The van der Waals surface area contributed by atoms with Gasteiger partial charge in [0.25, 0.3) is 5.91 Å². The Hall–Kier alpha value is -2.53. The summed E-state index contributed by atoms with van der Waals surface area (Å²) in [6.07, 6.45) is 4.04. The Morgan fingerprint density at radius 3 is 3.00 bits per heavy atom. The number of furan rings is 1. The highest BCUT2D eigenvalue weighted by atomic mass is 16.3. The first-order valence-corrected chi connectivity index (χ1v) is 6.68. The summed E-state index contributed by atoms with van der Waals surface area (Å²) in [6, 6.07) is 9.35. The van der Waals surface area contributed by atoms with Crippen molar-refractivity contribution in [2.24, 2.45) is 7.05 Å². The average Bonchev–Trinajstić information content (AvgIpc) is 3.14. The third kappa shape index (κ3) is 2.68. The van der Waals surface area contributed by atoms with Crippen LogP contribution in [-0.2, 0) is 7.05 Å². The molecule has 1 aromatic carbocycles. The summed E-state index contributed by atoms with van der Waals surface area (Å²) < 4.78 is 6.87. The Bertz CT molecular complexity index is 759. The quantitative estimate of drug-likeness (QED) is 0.772. The molecule has 2 aromatic heterocycles. The molecular formula is C16H16N2O3. The topological polar surface area (TPSA) is 67.4 Å². The van der Waals surface area contributed by atoms with Crippen LogP contribution in [0.1, 0.15) is 22.0 Å². The molecule has 0 aliphatic heterocycles. The number of nitrogens with zero attached hydrogens (tertiary/aromatic N) is 1. The van der Waals surface area contributed by atoms with E-state index in [4.69, 9.17) is 4.42 Å². The molecule has 0 spiro atoms. The number of hydrogen-bond donors (Lipinski definition) is 2. The van der Waals surface area contributed by atoms with E-state index in [0.29, 0.717) is 5.56 Å². The minimum atomic E-state index is -0.745. The number of nitrogens with one attached hydrogen (secondary N) is 1. The molecule has 1 atom stereocenters. The molecule has 108 valence electrons. The predicted molar refractivity (Wildman–Crippen MR) is 78.9 cm³/mol. The summed E-state index contributed by atoms with van der Waals surface area (Å²) in [5.74, 6) is -0.261. The number of fused-ring (bicyclic) bond motifs is 1. The number of benzene rings is 1. The van der Waals surface area contributed by atoms with E-state index in [2.05, 4.69) is 5.32 Å². The van der Waals surface area contributed by atoms with Gasteiger partial charge in [0.2, 0.25) is 0 Å². The monoisotopic (exact) mass is 284 g/mol. The van der Waals surface area contributed by atoms with Crippen molar-refractivity contribution in [2.45, 2.75) is 6.10 Å². The molecule has 3 aromatic rings. The van der Waals surface area contributed by atoms with Gasteiger partial charge in [-0.1, -0.05) is 6.07 Å². The Morgan fingerprint density at radius 1 is 1.38 bits per heavy atom. The molecule has 21 heavy (non-hydrogen) atoms. The van der Waals surface area contributed by atoms with Crippen LogP contribution in [0, 0.1) is 0 Å². The summed E-state index contributed by atoms with van der Waals surface area (Å²) in [4.78, 5) is 11.8. The van der Waals surface area contributed by atoms with Crippen LogP contribution in [0.15, 0.2) is 53.5 Å². The minimum Gasteiger partial charge on any atom is -0.472 e. The van der Waals surface area contributed by atoms with E-state index in [-0.39, 0.29) is 12.5 Å². The van der Waals surface area contributed by atoms with Gasteiger partial charge < -0.3 is 19.4 Å². The second-order valence-corrected chi connectivity index (χ2v) is 4.98. The predicted octanol–water partition coefficient (Wildman–Crippen LogP) is 2.23. The van der Waals surface area contributed by atoms with Crippen LogP contribution in [0.4, 0.5) is 0 Å². The third-order valence-corrected chi connectivity index (χ3v) is 3.53. The number of rotatable bonds is 4. The van der Waals surface area contributed by atoms with Crippen molar-refractivity contribution in [1.82, 2.24) is 9.88 Å². The van der Waals surface area contributed by atoms with Crippen molar-refractivity contribution in [1.29, 1.82) is 0 Å². The van der Waals surface area contributed by atoms with Crippen LogP contribution in [0.2, 0.25) is 0 Å². The van der Waals surface area contributed by atoms with Gasteiger partial charge >= 0.3 is 0 Å². The number of aryl methyl sites for hydroxylation is 1. The maximum Gasteiger partial charge on any atom is 0.254 e. The maximum atomic E-state index is 11.8. The fourth-order valence-corrected chi connectivity index (χ4v) is 2.31. The van der Waals surface area contributed by atoms with Gasteiger partial charge in [-0.3, -0.25) is 4.79 Å². The SMILES string of the molecule is Cn1ccc2cc([C@@H](O)CNC(=O)c3ccoc3)ccc21. The van der Waals surface area contributed by atoms with E-state index in [1.165, 1.54) is 12.5 Å². The van der Waals surface area contributed by atoms with Crippen molar-refractivity contribution in [3.8, 4) is 0 Å². The van der Waals surface area contributed by atoms with E-state index in [1.54, 1.807) is 6.07 Å². The first-order chi connectivity index (χ1) is 10.1. The van der Waals surface area contributed by atoms with Gasteiger partial charge in [0.1, 0.15) is 6.26 Å². The maximum absolute atomic E-state index is 11.8. The average molecular weight is 284 g/mol. The van der Waals surface area contributed by atoms with Crippen molar-refractivity contribution >= 4 is 16.8 Å². The summed E-state index contributed by atoms with van der Waals surface area (Å²) in [5, 5.41) is 13.9. The molecule has 5 nitrogen and oxygen atoms in total. The number of carbonyl (C=O) groups is 1. The fraction of sp³-hybridized carbons (Fsp3) is 0.188. The standard InChI is InChI=1S/C16H16N2O3/c1-18-6-4-11-8-12(2-3-14(11)18)15(19)9-17-16(20)13-5-7-21-10-13/h2-8,10,15,19H,9H2,1H3,(H,17,20)/t15-/m0/s1. The lowest BCUT2D eigenvalue weighted by molar-refractivity contribution is 0.0916. The molecule has 5 heteroatoms. The highest BCUT2D eigenvalue weighted by Gasteiger charge is 2.12. The Morgan fingerprint density at radius 2 is 2.24 bits per heavy atom. The van der Waals surface area contributed by atoms with Gasteiger partial charge in [0.15, 0.2) is 0 Å². The molecule has 0 radical (unpaired) electrons. The molecule has 3 rings (SSSR count). The highest BCUT2D eigenvalue weighted by molar-refractivity contribution is 5.93. The smallest absolute Gasteiger partial charge is 0.254 e. The Labute approximate surface area is 121 Å². The van der Waals surface area contributed by atoms with E-state index in [1.807, 2.05) is 42.1 Å². The second kappa shape index (κ2) is 5.46. The molecular weight excluding hydrogens is 268 g/mol. The van der Waals surface area contributed by atoms with E-state index in [0.717, 1.165) is 16.5 Å². The zero-order chi connectivity index (χ0) is 14.8. The molecule has 2 N–H and O–H groups in total. The van der Waals surface area contributed by atoms with Gasteiger partial charge in [0.05, 0.1) is 17.9 Å². The van der Waals surface area contributed by atoms with Crippen LogP contribution in [0.5, 0.6) is 0 Å². The number of amides is 1. The van der Waals surface area contributed by atoms with Gasteiger partial charge in [0, 0.05) is 25.3 Å². The zero-order valence-corrected chi connectivity index (χ0v) is 11.6. The Balaban J connectivity index is 1.69. The molecule has 1 amide bonds. The summed E-state index contributed by atoms with van der Waals surface area (Å²) in [5.41, 5.74) is 2.33. The highest BCUT2D eigenvalue weighted by Crippen LogP contribution is 2.20. The van der Waals surface area contributed by atoms with Gasteiger partial charge in [-0.25, -0.2) is 0 Å². The molecule has 0 unspecified atom stereocenters. The number of aromatic nitrogens is 1. The minimum absolute atomic E-state index is 0.155. The number of hydrogen-bond acceptors (Lipinski definition) is 3. The van der Waals surface area contributed by atoms with Crippen LogP contribution in [0.3, 0.4) is 0 Å². The van der Waals surface area contributed by atoms with Gasteiger partial charge in [-0.05, 0) is 35.2 Å². The van der Waals surface area contributed by atoms with Crippen molar-refractivity contribution in [3.63, 3.8) is 0 Å². The van der Waals surface area contributed by atoms with Crippen LogP contribution >= 0.6 is 0 Å². The van der Waals surface area contributed by atoms with Crippen LogP contribution in [-0.4, -0.2) is 22.1 Å². The largest absolute Gasteiger partial charge is 0.472 e. The molecule has 0 bridgehead atoms. The third-order valence-electron chi connectivity index (χ3n) is 3.53. The summed E-state index contributed by atoms with van der Waals surface area (Å²) in [7, 11) is 1.98. The molecule has 0 saturated heterocycles. The van der Waals surface area contributed by atoms with E-state index in [9.17, 15) is 9.90 Å². The summed E-state index contributed by atoms with van der Waals surface area (Å²) >= 11 is 0. The lowest BCUT2D eigenvalue weighted by Crippen LogP contribution is -2.28. The summed E-state index contributed by atoms with van der Waals surface area (Å²) in [6.45, 7) is 0.155.